The fourth-order valence-electron chi connectivity index (χ4n) is 1.45. The molecule has 0 aliphatic carbocycles. The van der Waals surface area contributed by atoms with E-state index in [9.17, 15) is 0 Å². The zero-order valence-corrected chi connectivity index (χ0v) is 13.0. The lowest BCUT2D eigenvalue weighted by atomic mass is 10.2. The maximum absolute atomic E-state index is 3.50. The van der Waals surface area contributed by atoms with E-state index < -0.39 is 0 Å². The Morgan fingerprint density at radius 3 is 2.33 bits per heavy atom. The first kappa shape index (κ1) is 13.5. The molecule has 0 saturated carbocycles. The first-order chi connectivity index (χ1) is 7.13. The second kappa shape index (κ2) is 6.86. The van der Waals surface area contributed by atoms with E-state index in [1.807, 2.05) is 0 Å². The average Bonchev–Trinajstić information content (AvgIpc) is 2.20. The molecule has 0 heterocycles. The molecule has 1 aromatic carbocycles. The predicted octanol–water partition coefficient (Wildman–Crippen LogP) is 3.90. The molecule has 15 heavy (non-hydrogen) atoms. The molecule has 0 amide bonds. The van der Waals surface area contributed by atoms with Crippen molar-refractivity contribution in [3.05, 3.63) is 33.4 Å². The van der Waals surface area contributed by atoms with Crippen LogP contribution in [0.15, 0.2) is 24.3 Å². The Balaban J connectivity index is 2.61. The van der Waals surface area contributed by atoms with E-state index in [1.165, 1.54) is 9.13 Å². The Hall–Kier alpha value is 0.390. The standard InChI is InChI=1S/C12H17BrIN/c1-10(2)15(8-7-13)9-11-3-5-12(14)6-4-11/h3-6,10H,7-9H2,1-2H3. The van der Waals surface area contributed by atoms with E-state index in [0.29, 0.717) is 6.04 Å². The van der Waals surface area contributed by atoms with Gasteiger partial charge in [0.1, 0.15) is 0 Å². The highest BCUT2D eigenvalue weighted by Gasteiger charge is 2.08. The van der Waals surface area contributed by atoms with Gasteiger partial charge >= 0.3 is 0 Å². The SMILES string of the molecule is CC(C)N(CCBr)Cc1ccc(I)cc1. The molecule has 84 valence electrons. The van der Waals surface area contributed by atoms with Crippen LogP contribution in [0.5, 0.6) is 0 Å². The molecule has 0 spiro atoms. The number of rotatable bonds is 5. The van der Waals surface area contributed by atoms with Crippen molar-refractivity contribution in [2.45, 2.75) is 26.4 Å². The Labute approximate surface area is 115 Å². The summed E-state index contributed by atoms with van der Waals surface area (Å²) in [6.45, 7) is 6.63. The minimum Gasteiger partial charge on any atom is -0.296 e. The van der Waals surface area contributed by atoms with Gasteiger partial charge in [-0.15, -0.1) is 0 Å². The second-order valence-electron chi connectivity index (χ2n) is 3.88. The first-order valence-corrected chi connectivity index (χ1v) is 7.38. The lowest BCUT2D eigenvalue weighted by molar-refractivity contribution is 0.227. The van der Waals surface area contributed by atoms with Gasteiger partial charge in [-0.05, 0) is 54.1 Å². The topological polar surface area (TPSA) is 3.24 Å². The van der Waals surface area contributed by atoms with Gasteiger partial charge in [-0.25, -0.2) is 0 Å². The smallest absolute Gasteiger partial charge is 0.0236 e. The summed E-state index contributed by atoms with van der Waals surface area (Å²) in [6.07, 6.45) is 0. The van der Waals surface area contributed by atoms with Crippen LogP contribution < -0.4 is 0 Å². The molecule has 1 rings (SSSR count). The minimum atomic E-state index is 0.599. The zero-order chi connectivity index (χ0) is 11.3. The van der Waals surface area contributed by atoms with Gasteiger partial charge in [0.25, 0.3) is 0 Å². The predicted molar refractivity (Wildman–Crippen MR) is 78.5 cm³/mol. The van der Waals surface area contributed by atoms with Crippen molar-refractivity contribution in [1.29, 1.82) is 0 Å². The van der Waals surface area contributed by atoms with Gasteiger partial charge < -0.3 is 0 Å². The summed E-state index contributed by atoms with van der Waals surface area (Å²) in [5, 5.41) is 1.04. The molecule has 0 aliphatic heterocycles. The van der Waals surface area contributed by atoms with Crippen LogP contribution in [-0.2, 0) is 6.54 Å². The van der Waals surface area contributed by atoms with Gasteiger partial charge in [-0.2, -0.15) is 0 Å². The van der Waals surface area contributed by atoms with Crippen LogP contribution in [0.3, 0.4) is 0 Å². The summed E-state index contributed by atoms with van der Waals surface area (Å²) >= 11 is 5.84. The Kier molecular flexibility index (Phi) is 6.16. The van der Waals surface area contributed by atoms with Crippen LogP contribution in [0.2, 0.25) is 0 Å². The van der Waals surface area contributed by atoms with E-state index in [0.717, 1.165) is 18.4 Å². The maximum Gasteiger partial charge on any atom is 0.0236 e. The molecule has 1 nitrogen and oxygen atoms in total. The molecular weight excluding hydrogens is 365 g/mol. The highest BCUT2D eigenvalue weighted by atomic mass is 127. The maximum atomic E-state index is 3.50. The van der Waals surface area contributed by atoms with E-state index in [2.05, 4.69) is 81.5 Å². The summed E-state index contributed by atoms with van der Waals surface area (Å²) in [5.41, 5.74) is 1.39. The van der Waals surface area contributed by atoms with Crippen LogP contribution in [0.1, 0.15) is 19.4 Å². The Morgan fingerprint density at radius 1 is 1.27 bits per heavy atom. The fourth-order valence-corrected chi connectivity index (χ4v) is 2.27. The monoisotopic (exact) mass is 381 g/mol. The summed E-state index contributed by atoms with van der Waals surface area (Å²) < 4.78 is 1.30. The van der Waals surface area contributed by atoms with Crippen molar-refractivity contribution in [3.63, 3.8) is 0 Å². The van der Waals surface area contributed by atoms with Crippen LogP contribution in [-0.4, -0.2) is 22.8 Å². The van der Waals surface area contributed by atoms with Crippen molar-refractivity contribution in [2.75, 3.05) is 11.9 Å². The van der Waals surface area contributed by atoms with Crippen LogP contribution in [0.4, 0.5) is 0 Å². The van der Waals surface area contributed by atoms with E-state index in [-0.39, 0.29) is 0 Å². The summed E-state index contributed by atoms with van der Waals surface area (Å²) in [7, 11) is 0. The van der Waals surface area contributed by atoms with Gasteiger partial charge in [0.15, 0.2) is 0 Å². The lowest BCUT2D eigenvalue weighted by Crippen LogP contribution is -2.31. The van der Waals surface area contributed by atoms with Gasteiger partial charge in [-0.1, -0.05) is 28.1 Å². The Bertz CT molecular complexity index is 284. The highest BCUT2D eigenvalue weighted by molar-refractivity contribution is 14.1. The molecule has 0 bridgehead atoms. The van der Waals surface area contributed by atoms with Gasteiger partial charge in [-0.3, -0.25) is 4.90 Å². The van der Waals surface area contributed by atoms with Crippen LogP contribution in [0.25, 0.3) is 0 Å². The molecule has 0 fully saturated rings. The zero-order valence-electron chi connectivity index (χ0n) is 9.21. The molecule has 0 aliphatic rings. The first-order valence-electron chi connectivity index (χ1n) is 5.18. The summed E-state index contributed by atoms with van der Waals surface area (Å²) in [6, 6.07) is 9.36. The van der Waals surface area contributed by atoms with Gasteiger partial charge in [0.2, 0.25) is 0 Å². The molecule has 0 radical (unpaired) electrons. The number of hydrogen-bond donors (Lipinski definition) is 0. The molecule has 0 unspecified atom stereocenters. The van der Waals surface area contributed by atoms with E-state index in [1.54, 1.807) is 0 Å². The van der Waals surface area contributed by atoms with Crippen molar-refractivity contribution >= 4 is 38.5 Å². The number of halogens is 2. The van der Waals surface area contributed by atoms with Gasteiger partial charge in [0.05, 0.1) is 0 Å². The lowest BCUT2D eigenvalue weighted by Gasteiger charge is -2.25. The van der Waals surface area contributed by atoms with E-state index in [4.69, 9.17) is 0 Å². The highest BCUT2D eigenvalue weighted by Crippen LogP contribution is 2.11. The summed E-state index contributed by atoms with van der Waals surface area (Å²) in [4.78, 5) is 2.47. The molecule has 1 aromatic rings. The number of benzene rings is 1. The fraction of sp³-hybridized carbons (Fsp3) is 0.500. The number of hydrogen-bond acceptors (Lipinski definition) is 1. The normalized spacial score (nSPS) is 11.3. The Morgan fingerprint density at radius 2 is 1.87 bits per heavy atom. The molecular formula is C12H17BrIN. The number of alkyl halides is 1. The minimum absolute atomic E-state index is 0.599. The van der Waals surface area contributed by atoms with Crippen LogP contribution in [0, 0.1) is 3.57 Å². The molecule has 0 saturated heterocycles. The van der Waals surface area contributed by atoms with Crippen molar-refractivity contribution in [3.8, 4) is 0 Å². The third-order valence-electron chi connectivity index (χ3n) is 2.40. The molecule has 3 heteroatoms. The van der Waals surface area contributed by atoms with Crippen molar-refractivity contribution < 1.29 is 0 Å². The number of nitrogens with zero attached hydrogens (tertiary/aromatic N) is 1. The van der Waals surface area contributed by atoms with Gasteiger partial charge in [0, 0.05) is 28.0 Å². The van der Waals surface area contributed by atoms with E-state index >= 15 is 0 Å². The summed E-state index contributed by atoms with van der Waals surface area (Å²) in [5.74, 6) is 0. The third kappa shape index (κ3) is 4.83. The third-order valence-corrected chi connectivity index (χ3v) is 3.47. The van der Waals surface area contributed by atoms with Crippen LogP contribution >= 0.6 is 38.5 Å². The van der Waals surface area contributed by atoms with Crippen molar-refractivity contribution in [2.24, 2.45) is 0 Å². The quantitative estimate of drug-likeness (QED) is 0.552. The van der Waals surface area contributed by atoms with Crippen molar-refractivity contribution in [1.82, 2.24) is 4.90 Å². The largest absolute Gasteiger partial charge is 0.296 e. The average molecular weight is 382 g/mol. The second-order valence-corrected chi connectivity index (χ2v) is 5.92. The molecule has 0 atom stereocenters. The molecule has 0 N–H and O–H groups in total. The molecule has 0 aromatic heterocycles.